The molecule has 75 heavy (non-hydrogen) atoms. The summed E-state index contributed by atoms with van der Waals surface area (Å²) in [7, 11) is -4.49. The molecule has 2 unspecified atom stereocenters. The van der Waals surface area contributed by atoms with Gasteiger partial charge in [0.05, 0.1) is 15.9 Å². The molecule has 0 bridgehead atoms. The number of rotatable bonds is 18. The second-order valence-electron chi connectivity index (χ2n) is 21.8. The van der Waals surface area contributed by atoms with Gasteiger partial charge in [-0.05, 0) is 137 Å². The van der Waals surface area contributed by atoms with Crippen LogP contribution in [0.1, 0.15) is 82.1 Å². The molecule has 3 saturated heterocycles. The summed E-state index contributed by atoms with van der Waals surface area (Å²) in [6.07, 6.45) is 4.54. The summed E-state index contributed by atoms with van der Waals surface area (Å²) in [6, 6.07) is 28.4. The number of nitrogens with one attached hydrogen (secondary N) is 2. The van der Waals surface area contributed by atoms with E-state index in [1.165, 1.54) is 28.8 Å². The van der Waals surface area contributed by atoms with Crippen molar-refractivity contribution in [1.82, 2.24) is 24.3 Å². The van der Waals surface area contributed by atoms with Gasteiger partial charge in [-0.3, -0.25) is 24.7 Å². The number of benzene rings is 4. The first-order valence-corrected chi connectivity index (χ1v) is 29.1. The number of thioether (sulfide) groups is 1. The van der Waals surface area contributed by atoms with E-state index in [0.717, 1.165) is 108 Å². The number of nitrogens with zero attached hydrogens (tertiary/aromatic N) is 6. The minimum atomic E-state index is -4.49. The Kier molecular flexibility index (Phi) is 18.6. The van der Waals surface area contributed by atoms with Crippen molar-refractivity contribution in [3.8, 4) is 0 Å². The van der Waals surface area contributed by atoms with Crippen molar-refractivity contribution in [2.24, 2.45) is 5.41 Å². The van der Waals surface area contributed by atoms with Crippen LogP contribution in [0.2, 0.25) is 5.02 Å². The SMILES string of the molecule is CC1(CN2CCN(C(=O)OC(C)(C)C)CC2)CCC(c2ccc(Cl)cc2)=C(CN2CCN(c3ccc(C(=O)NS(=O)(=O)c4ccc(NC(CCN5CCC(O)CC5)CSc5ccccc5)c([N+](=O)[O-])c4)cc3)CC2)C1. The standard InChI is InChI=1S/C56H73ClN8O8S2/c1-55(2,3)73-54(68)64-34-30-62(31-35-64)40-56(4)24-20-50(41-10-14-44(57)15-11-41)43(37-56)38-61-28-32-63(33-29-61)46-16-12-42(13-17-46)53(67)59-75(71,72)49-18-19-51(52(36-49)65(69)70)58-45(39-74-48-8-6-5-7-9-48)21-25-60-26-22-47(66)23-27-60/h5-19,36,45,47,58,66H,20-35,37-40H2,1-4H3,(H,59,67). The maximum Gasteiger partial charge on any atom is 0.410 e. The molecular formula is C56H73ClN8O8S2. The van der Waals surface area contributed by atoms with E-state index in [4.69, 9.17) is 16.3 Å². The first-order valence-electron chi connectivity index (χ1n) is 26.2. The van der Waals surface area contributed by atoms with E-state index in [2.05, 4.69) is 48.7 Å². The minimum Gasteiger partial charge on any atom is -0.444 e. The summed E-state index contributed by atoms with van der Waals surface area (Å²) in [5, 5.41) is 26.5. The number of sulfonamides is 1. The third-order valence-corrected chi connectivity index (χ3v) is 17.5. The van der Waals surface area contributed by atoms with Crippen molar-refractivity contribution in [3.05, 3.63) is 129 Å². The fourth-order valence-electron chi connectivity index (χ4n) is 10.6. The highest BCUT2D eigenvalue weighted by molar-refractivity contribution is 7.99. The zero-order valence-corrected chi connectivity index (χ0v) is 46.1. The van der Waals surface area contributed by atoms with E-state index < -0.39 is 37.0 Å². The molecule has 0 aromatic heterocycles. The number of halogens is 1. The molecule has 8 rings (SSSR count). The van der Waals surface area contributed by atoms with Crippen LogP contribution >= 0.6 is 23.4 Å². The molecule has 0 spiro atoms. The van der Waals surface area contributed by atoms with Crippen LogP contribution in [0.25, 0.3) is 5.57 Å². The van der Waals surface area contributed by atoms with E-state index in [0.29, 0.717) is 43.1 Å². The molecule has 1 aliphatic carbocycles. The number of aliphatic hydroxyl groups is 1. The second kappa shape index (κ2) is 24.8. The molecule has 16 nitrogen and oxygen atoms in total. The summed E-state index contributed by atoms with van der Waals surface area (Å²) in [6.45, 7) is 18.3. The lowest BCUT2D eigenvalue weighted by molar-refractivity contribution is -0.384. The number of piperazine rings is 2. The predicted octanol–water partition coefficient (Wildman–Crippen LogP) is 9.11. The van der Waals surface area contributed by atoms with Gasteiger partial charge in [-0.25, -0.2) is 17.9 Å². The monoisotopic (exact) mass is 1080 g/mol. The molecule has 3 N–H and O–H groups in total. The quantitative estimate of drug-likeness (QED) is 0.0488. The lowest BCUT2D eigenvalue weighted by Crippen LogP contribution is -2.52. The molecule has 4 aromatic carbocycles. The van der Waals surface area contributed by atoms with Gasteiger partial charge in [0, 0.05) is 124 Å². The van der Waals surface area contributed by atoms with Gasteiger partial charge in [-0.2, -0.15) is 0 Å². The molecule has 4 aliphatic rings. The van der Waals surface area contributed by atoms with Crippen LogP contribution in [0.5, 0.6) is 0 Å². The van der Waals surface area contributed by atoms with Gasteiger partial charge in [-0.1, -0.05) is 54.4 Å². The normalized spacial score (nSPS) is 20.2. The molecule has 3 heterocycles. The molecule has 4 aromatic rings. The van der Waals surface area contributed by atoms with Gasteiger partial charge < -0.3 is 29.9 Å². The van der Waals surface area contributed by atoms with Gasteiger partial charge in [0.2, 0.25) is 0 Å². The zero-order valence-electron chi connectivity index (χ0n) is 43.7. The minimum absolute atomic E-state index is 0.0705. The molecule has 2 atom stereocenters. The number of allylic oxidation sites excluding steroid dienone is 1. The van der Waals surface area contributed by atoms with E-state index in [1.54, 1.807) is 23.9 Å². The second-order valence-corrected chi connectivity index (χ2v) is 25.0. The van der Waals surface area contributed by atoms with Gasteiger partial charge in [-0.15, -0.1) is 11.8 Å². The summed E-state index contributed by atoms with van der Waals surface area (Å²) in [5.41, 5.74) is 4.44. The Bertz CT molecular complexity index is 2740. The van der Waals surface area contributed by atoms with Crippen LogP contribution in [0.15, 0.2) is 112 Å². The lowest BCUT2D eigenvalue weighted by Gasteiger charge is -2.44. The maximum atomic E-state index is 13.6. The smallest absolute Gasteiger partial charge is 0.410 e. The third kappa shape index (κ3) is 15.7. The van der Waals surface area contributed by atoms with Crippen LogP contribution in [0.3, 0.4) is 0 Å². The largest absolute Gasteiger partial charge is 0.444 e. The molecule has 0 saturated carbocycles. The number of likely N-dealkylation sites (tertiary alicyclic amines) is 1. The Morgan fingerprint density at radius 2 is 1.55 bits per heavy atom. The van der Waals surface area contributed by atoms with Crippen LogP contribution in [0.4, 0.5) is 21.9 Å². The molecule has 3 aliphatic heterocycles. The number of nitro groups is 1. The summed E-state index contributed by atoms with van der Waals surface area (Å²) < 4.78 is 35.0. The van der Waals surface area contributed by atoms with E-state index in [1.807, 2.05) is 80.3 Å². The van der Waals surface area contributed by atoms with Crippen LogP contribution < -0.4 is 14.9 Å². The number of ether oxygens (including phenoxy) is 1. The fraction of sp³-hybridized carbons (Fsp3) is 0.500. The van der Waals surface area contributed by atoms with Crippen molar-refractivity contribution in [2.45, 2.75) is 93.8 Å². The molecule has 3 fully saturated rings. The summed E-state index contributed by atoms with van der Waals surface area (Å²) in [4.78, 5) is 50.1. The molecule has 0 radical (unpaired) electrons. The number of aliphatic hydroxyl groups excluding tert-OH is 1. The van der Waals surface area contributed by atoms with E-state index in [9.17, 15) is 33.2 Å². The summed E-state index contributed by atoms with van der Waals surface area (Å²) in [5.74, 6) is -0.235. The van der Waals surface area contributed by atoms with Crippen molar-refractivity contribution >= 4 is 68.0 Å². The Hall–Kier alpha value is -5.21. The number of anilines is 2. The topological polar surface area (TPSA) is 181 Å². The highest BCUT2D eigenvalue weighted by atomic mass is 35.5. The molecular weight excluding hydrogens is 1010 g/mol. The molecule has 19 heteroatoms. The zero-order chi connectivity index (χ0) is 53.3. The van der Waals surface area contributed by atoms with Crippen molar-refractivity contribution in [2.75, 3.05) is 101 Å². The molecule has 404 valence electrons. The number of piperidine rings is 1. The number of nitro benzene ring substituents is 1. The van der Waals surface area contributed by atoms with Gasteiger partial charge in [0.15, 0.2) is 0 Å². The Labute approximate surface area is 452 Å². The lowest BCUT2D eigenvalue weighted by atomic mass is 9.71. The number of hydrogen-bond donors (Lipinski definition) is 3. The number of carbonyl (C=O) groups excluding carboxylic acids is 2. The van der Waals surface area contributed by atoms with Crippen molar-refractivity contribution in [1.29, 1.82) is 0 Å². The van der Waals surface area contributed by atoms with Gasteiger partial charge in [0.25, 0.3) is 21.6 Å². The highest BCUT2D eigenvalue weighted by Gasteiger charge is 2.36. The van der Waals surface area contributed by atoms with Gasteiger partial charge >= 0.3 is 6.09 Å². The van der Waals surface area contributed by atoms with Crippen LogP contribution in [0, 0.1) is 15.5 Å². The average molecular weight is 1090 g/mol. The van der Waals surface area contributed by atoms with E-state index in [-0.39, 0.29) is 34.9 Å². The Morgan fingerprint density at radius 1 is 0.880 bits per heavy atom. The Morgan fingerprint density at radius 3 is 2.20 bits per heavy atom. The summed E-state index contributed by atoms with van der Waals surface area (Å²) >= 11 is 7.96. The highest BCUT2D eigenvalue weighted by Crippen LogP contribution is 2.44. The van der Waals surface area contributed by atoms with Crippen LogP contribution in [-0.2, 0) is 14.8 Å². The molecule has 2 amide bonds. The number of amides is 2. The van der Waals surface area contributed by atoms with Crippen molar-refractivity contribution in [3.63, 3.8) is 0 Å². The van der Waals surface area contributed by atoms with E-state index >= 15 is 0 Å². The number of carbonyl (C=O) groups is 2. The number of hydrogen-bond acceptors (Lipinski definition) is 14. The fourth-order valence-corrected chi connectivity index (χ4v) is 12.7. The van der Waals surface area contributed by atoms with Crippen LogP contribution in [-0.4, -0.2) is 159 Å². The first kappa shape index (κ1) is 56.0. The third-order valence-electron chi connectivity index (χ3n) is 14.8. The predicted molar refractivity (Wildman–Crippen MR) is 298 cm³/mol. The van der Waals surface area contributed by atoms with Gasteiger partial charge in [0.1, 0.15) is 11.3 Å². The van der Waals surface area contributed by atoms with Crippen molar-refractivity contribution < 1.29 is 32.8 Å². The average Bonchev–Trinajstić information content (AvgIpc) is 3.38. The Balaban J connectivity index is 0.863. The maximum absolute atomic E-state index is 13.6. The first-order chi connectivity index (χ1) is 35.8.